The van der Waals surface area contributed by atoms with Gasteiger partial charge in [0.25, 0.3) is 0 Å². The highest BCUT2D eigenvalue weighted by Crippen LogP contribution is 2.14. The minimum atomic E-state index is 0.206. The molecule has 0 aliphatic heterocycles. The Morgan fingerprint density at radius 2 is 1.67 bits per heavy atom. The lowest BCUT2D eigenvalue weighted by atomic mass is 10.1. The number of unbranched alkanes of at least 4 members (excludes halogenated alkanes) is 1. The van der Waals surface area contributed by atoms with E-state index in [1.165, 1.54) is 38.8 Å². The van der Waals surface area contributed by atoms with E-state index in [4.69, 9.17) is 0 Å². The van der Waals surface area contributed by atoms with Crippen LogP contribution in [-0.4, -0.2) is 60.5 Å². The van der Waals surface area contributed by atoms with Gasteiger partial charge in [0.2, 0.25) is 0 Å². The average Bonchev–Trinajstić information content (AvgIpc) is 2.39. The molecule has 3 nitrogen and oxygen atoms in total. The molecule has 0 rings (SSSR count). The highest BCUT2D eigenvalue weighted by molar-refractivity contribution is 4.69. The number of hydrogen-bond acceptors (Lipinski definition) is 2. The largest absolute Gasteiger partial charge is 0.381 e. The summed E-state index contributed by atoms with van der Waals surface area (Å²) in [5.74, 6) is 0. The number of rotatable bonds is 11. The molecule has 110 valence electrons. The van der Waals surface area contributed by atoms with Gasteiger partial charge in [0.1, 0.15) is 0 Å². The predicted molar refractivity (Wildman–Crippen MR) is 79.5 cm³/mol. The Morgan fingerprint density at radius 1 is 1.06 bits per heavy atom. The fraction of sp³-hybridized carbons (Fsp3) is 1.00. The van der Waals surface area contributed by atoms with Crippen molar-refractivity contribution in [3.05, 3.63) is 0 Å². The van der Waals surface area contributed by atoms with E-state index >= 15 is 0 Å². The van der Waals surface area contributed by atoms with Crippen LogP contribution in [0.4, 0.5) is 0 Å². The van der Waals surface area contributed by atoms with Crippen LogP contribution < -0.4 is 0 Å². The minimum absolute atomic E-state index is 0.206. The number of likely N-dealkylation sites (N-methyl/N-ethyl adjacent to an activating group) is 1. The van der Waals surface area contributed by atoms with E-state index in [1.54, 1.807) is 0 Å². The summed E-state index contributed by atoms with van der Waals surface area (Å²) in [5, 5.41) is 9.61. The van der Waals surface area contributed by atoms with Crippen molar-refractivity contribution in [1.29, 1.82) is 0 Å². The van der Waals surface area contributed by atoms with Gasteiger partial charge in [0, 0.05) is 6.54 Å². The minimum Gasteiger partial charge on any atom is -0.381 e. The first-order valence-corrected chi connectivity index (χ1v) is 7.75. The van der Waals surface area contributed by atoms with Crippen LogP contribution in [0.3, 0.4) is 0 Å². The average molecular weight is 259 g/mol. The van der Waals surface area contributed by atoms with Crippen molar-refractivity contribution < 1.29 is 9.59 Å². The molecule has 1 unspecified atom stereocenters. The second kappa shape index (κ2) is 9.76. The number of nitrogens with zero attached hydrogens (tertiary/aromatic N) is 2. The first kappa shape index (κ1) is 17.9. The van der Waals surface area contributed by atoms with E-state index in [-0.39, 0.29) is 6.73 Å². The van der Waals surface area contributed by atoms with E-state index in [1.807, 2.05) is 0 Å². The van der Waals surface area contributed by atoms with Crippen LogP contribution in [0.2, 0.25) is 0 Å². The summed E-state index contributed by atoms with van der Waals surface area (Å²) in [6, 6.07) is 0.524. The normalized spacial score (nSPS) is 14.2. The third kappa shape index (κ3) is 6.17. The van der Waals surface area contributed by atoms with Gasteiger partial charge in [-0.15, -0.1) is 0 Å². The van der Waals surface area contributed by atoms with Crippen molar-refractivity contribution in [3.63, 3.8) is 0 Å². The van der Waals surface area contributed by atoms with Crippen molar-refractivity contribution in [2.75, 3.05) is 40.0 Å². The van der Waals surface area contributed by atoms with Gasteiger partial charge in [0.05, 0.1) is 39.5 Å². The SMILES string of the molecule is CCCCN(CO)C(CCC)C[N+](C)(CC)CC. The van der Waals surface area contributed by atoms with Crippen LogP contribution in [0, 0.1) is 0 Å². The topological polar surface area (TPSA) is 23.5 Å². The standard InChI is InChI=1S/C15H35N2O/c1-6-10-12-16(14-18)15(11-7-2)13-17(5,8-3)9-4/h15,18H,6-14H2,1-5H3/q+1. The molecular formula is C15H35N2O+. The van der Waals surface area contributed by atoms with E-state index in [0.29, 0.717) is 6.04 Å². The molecule has 1 atom stereocenters. The molecule has 0 aromatic heterocycles. The quantitative estimate of drug-likeness (QED) is 0.455. The van der Waals surface area contributed by atoms with Gasteiger partial charge in [-0.2, -0.15) is 0 Å². The third-order valence-electron chi connectivity index (χ3n) is 4.30. The van der Waals surface area contributed by atoms with Gasteiger partial charge in [-0.25, -0.2) is 0 Å². The Morgan fingerprint density at radius 3 is 2.06 bits per heavy atom. The van der Waals surface area contributed by atoms with Crippen molar-refractivity contribution in [3.8, 4) is 0 Å². The lowest BCUT2D eigenvalue weighted by molar-refractivity contribution is -0.908. The van der Waals surface area contributed by atoms with Gasteiger partial charge in [-0.1, -0.05) is 26.7 Å². The monoisotopic (exact) mass is 259 g/mol. The Labute approximate surface area is 114 Å². The first-order valence-electron chi connectivity index (χ1n) is 7.75. The summed E-state index contributed by atoms with van der Waals surface area (Å²) >= 11 is 0. The van der Waals surface area contributed by atoms with Gasteiger partial charge >= 0.3 is 0 Å². The van der Waals surface area contributed by atoms with E-state index < -0.39 is 0 Å². The molecule has 0 bridgehead atoms. The zero-order valence-corrected chi connectivity index (χ0v) is 13.3. The number of quaternary nitrogens is 1. The molecule has 0 aliphatic carbocycles. The number of aliphatic hydroxyl groups excluding tert-OH is 1. The van der Waals surface area contributed by atoms with Crippen LogP contribution in [0.5, 0.6) is 0 Å². The molecule has 0 spiro atoms. The molecule has 0 saturated heterocycles. The Balaban J connectivity index is 4.59. The highest BCUT2D eigenvalue weighted by atomic mass is 16.3. The Kier molecular flexibility index (Phi) is 9.70. The van der Waals surface area contributed by atoms with Gasteiger partial charge in [-0.05, 0) is 26.7 Å². The fourth-order valence-electron chi connectivity index (χ4n) is 2.44. The second-order valence-electron chi connectivity index (χ2n) is 5.68. The zero-order chi connectivity index (χ0) is 14.0. The van der Waals surface area contributed by atoms with Crippen molar-refractivity contribution in [2.45, 2.75) is 59.4 Å². The molecular weight excluding hydrogens is 224 g/mol. The number of hydrogen-bond donors (Lipinski definition) is 1. The van der Waals surface area contributed by atoms with Crippen molar-refractivity contribution in [1.82, 2.24) is 4.90 Å². The highest BCUT2D eigenvalue weighted by Gasteiger charge is 2.26. The molecule has 0 aliphatic rings. The van der Waals surface area contributed by atoms with E-state index in [2.05, 4.69) is 39.6 Å². The first-order chi connectivity index (χ1) is 8.56. The summed E-state index contributed by atoms with van der Waals surface area (Å²) in [7, 11) is 2.33. The summed E-state index contributed by atoms with van der Waals surface area (Å²) < 4.78 is 1.10. The van der Waals surface area contributed by atoms with Crippen LogP contribution >= 0.6 is 0 Å². The maximum absolute atomic E-state index is 9.61. The number of aliphatic hydroxyl groups is 1. The van der Waals surface area contributed by atoms with Crippen molar-refractivity contribution in [2.24, 2.45) is 0 Å². The van der Waals surface area contributed by atoms with Crippen molar-refractivity contribution >= 4 is 0 Å². The Hall–Kier alpha value is -0.120. The van der Waals surface area contributed by atoms with Gasteiger partial charge < -0.3 is 9.59 Å². The van der Waals surface area contributed by atoms with Crippen LogP contribution in [0.1, 0.15) is 53.4 Å². The molecule has 18 heavy (non-hydrogen) atoms. The summed E-state index contributed by atoms with van der Waals surface area (Å²) in [4.78, 5) is 2.27. The molecule has 0 aromatic rings. The Bertz CT molecular complexity index is 193. The van der Waals surface area contributed by atoms with Gasteiger partial charge in [0.15, 0.2) is 0 Å². The van der Waals surface area contributed by atoms with Gasteiger partial charge in [-0.3, -0.25) is 4.90 Å². The zero-order valence-electron chi connectivity index (χ0n) is 13.3. The summed E-state index contributed by atoms with van der Waals surface area (Å²) in [6.45, 7) is 13.7. The van der Waals surface area contributed by atoms with Crippen LogP contribution in [0.25, 0.3) is 0 Å². The lowest BCUT2D eigenvalue weighted by Crippen LogP contribution is -2.53. The molecule has 0 fully saturated rings. The summed E-state index contributed by atoms with van der Waals surface area (Å²) in [6.07, 6.45) is 4.77. The molecule has 0 saturated carbocycles. The summed E-state index contributed by atoms with van der Waals surface area (Å²) in [5.41, 5.74) is 0. The molecule has 1 N–H and O–H groups in total. The molecule has 3 heteroatoms. The smallest absolute Gasteiger partial charge is 0.0960 e. The van der Waals surface area contributed by atoms with E-state index in [0.717, 1.165) is 17.6 Å². The fourth-order valence-corrected chi connectivity index (χ4v) is 2.44. The maximum atomic E-state index is 9.61. The molecule has 0 aromatic carbocycles. The van der Waals surface area contributed by atoms with E-state index in [9.17, 15) is 5.11 Å². The molecule has 0 radical (unpaired) electrons. The molecule has 0 amide bonds. The predicted octanol–water partition coefficient (Wildman–Crippen LogP) is 2.69. The van der Waals surface area contributed by atoms with Crippen LogP contribution in [-0.2, 0) is 0 Å². The van der Waals surface area contributed by atoms with Crippen LogP contribution in [0.15, 0.2) is 0 Å². The second-order valence-corrected chi connectivity index (χ2v) is 5.68. The third-order valence-corrected chi connectivity index (χ3v) is 4.30. The maximum Gasteiger partial charge on any atom is 0.0960 e. The molecule has 0 heterocycles. The lowest BCUT2D eigenvalue weighted by Gasteiger charge is -2.39.